The normalized spacial score (nSPS) is 14.9. The van der Waals surface area contributed by atoms with Gasteiger partial charge in [0, 0.05) is 18.8 Å². The molecule has 2 amide bonds. The Balaban J connectivity index is 2.04. The summed E-state index contributed by atoms with van der Waals surface area (Å²) in [5.74, 6) is 0.330. The van der Waals surface area contributed by atoms with Gasteiger partial charge >= 0.3 is 0 Å². The van der Waals surface area contributed by atoms with Crippen LogP contribution >= 0.6 is 0 Å². The molecule has 1 heterocycles. The lowest BCUT2D eigenvalue weighted by atomic mass is 9.90. The van der Waals surface area contributed by atoms with Crippen molar-refractivity contribution in [2.75, 3.05) is 25.5 Å². The van der Waals surface area contributed by atoms with Gasteiger partial charge in [-0.25, -0.2) is 0 Å². The number of benzene rings is 1. The van der Waals surface area contributed by atoms with E-state index in [0.29, 0.717) is 5.69 Å². The van der Waals surface area contributed by atoms with Gasteiger partial charge in [0.05, 0.1) is 7.11 Å². The molecule has 0 atom stereocenters. The molecule has 114 valence electrons. The molecular weight excluding hydrogens is 268 g/mol. The summed E-state index contributed by atoms with van der Waals surface area (Å²) in [5, 5.41) is 2.80. The smallest absolute Gasteiger partial charge is 0.239 e. The van der Waals surface area contributed by atoms with Crippen LogP contribution in [0.2, 0.25) is 0 Å². The Morgan fingerprint density at radius 3 is 2.24 bits per heavy atom. The van der Waals surface area contributed by atoms with Gasteiger partial charge in [0.1, 0.15) is 11.2 Å². The number of hydrogen-bond donors (Lipinski definition) is 1. The Labute approximate surface area is 125 Å². The fourth-order valence-electron chi connectivity index (χ4n) is 2.37. The first-order valence-electron chi connectivity index (χ1n) is 7.20. The second-order valence-corrected chi connectivity index (χ2v) is 5.81. The van der Waals surface area contributed by atoms with Crippen LogP contribution in [0.25, 0.3) is 0 Å². The van der Waals surface area contributed by atoms with Crippen LogP contribution < -0.4 is 10.1 Å². The van der Waals surface area contributed by atoms with Crippen LogP contribution in [-0.2, 0) is 9.59 Å². The summed E-state index contributed by atoms with van der Waals surface area (Å²) >= 11 is 0. The van der Waals surface area contributed by atoms with Crippen LogP contribution in [0.1, 0.15) is 26.7 Å². The van der Waals surface area contributed by atoms with E-state index in [0.717, 1.165) is 31.7 Å². The van der Waals surface area contributed by atoms with Gasteiger partial charge in [0.25, 0.3) is 0 Å². The number of amides is 2. The van der Waals surface area contributed by atoms with E-state index in [1.54, 1.807) is 50.1 Å². The highest BCUT2D eigenvalue weighted by Crippen LogP contribution is 2.25. The van der Waals surface area contributed by atoms with Crippen molar-refractivity contribution in [2.24, 2.45) is 5.41 Å². The molecule has 0 unspecified atom stereocenters. The summed E-state index contributed by atoms with van der Waals surface area (Å²) < 4.78 is 5.07. The van der Waals surface area contributed by atoms with Gasteiger partial charge in [-0.15, -0.1) is 0 Å². The third kappa shape index (κ3) is 3.35. The highest BCUT2D eigenvalue weighted by atomic mass is 16.5. The fraction of sp³-hybridized carbons (Fsp3) is 0.500. The number of anilines is 1. The average Bonchev–Trinajstić information content (AvgIpc) is 3.01. The summed E-state index contributed by atoms with van der Waals surface area (Å²) in [5.41, 5.74) is -0.410. The van der Waals surface area contributed by atoms with E-state index in [4.69, 9.17) is 4.74 Å². The number of carbonyl (C=O) groups excluding carboxylic acids is 2. The molecule has 2 rings (SSSR count). The number of hydrogen-bond acceptors (Lipinski definition) is 3. The topological polar surface area (TPSA) is 58.6 Å². The predicted molar refractivity (Wildman–Crippen MR) is 81.2 cm³/mol. The van der Waals surface area contributed by atoms with Gasteiger partial charge in [-0.1, -0.05) is 0 Å². The Kier molecular flexibility index (Phi) is 4.50. The lowest BCUT2D eigenvalue weighted by molar-refractivity contribution is -0.145. The molecule has 0 spiro atoms. The molecule has 0 radical (unpaired) electrons. The van der Waals surface area contributed by atoms with Crippen LogP contribution in [0.4, 0.5) is 5.69 Å². The minimum absolute atomic E-state index is 0.106. The minimum atomic E-state index is -1.07. The zero-order chi connectivity index (χ0) is 15.5. The summed E-state index contributed by atoms with van der Waals surface area (Å²) in [4.78, 5) is 26.6. The molecule has 1 saturated heterocycles. The number of carbonyl (C=O) groups is 2. The van der Waals surface area contributed by atoms with Gasteiger partial charge < -0.3 is 15.0 Å². The van der Waals surface area contributed by atoms with Gasteiger partial charge in [0.2, 0.25) is 11.8 Å². The van der Waals surface area contributed by atoms with Crippen LogP contribution in [-0.4, -0.2) is 36.9 Å². The molecule has 1 fully saturated rings. The van der Waals surface area contributed by atoms with Crippen molar-refractivity contribution in [3.8, 4) is 5.75 Å². The molecular formula is C16H22N2O3. The molecule has 0 saturated carbocycles. The average molecular weight is 290 g/mol. The number of nitrogens with zero attached hydrogens (tertiary/aromatic N) is 1. The Bertz CT molecular complexity index is 517. The highest BCUT2D eigenvalue weighted by Gasteiger charge is 2.39. The van der Waals surface area contributed by atoms with E-state index >= 15 is 0 Å². The van der Waals surface area contributed by atoms with Gasteiger partial charge in [-0.2, -0.15) is 0 Å². The quantitative estimate of drug-likeness (QED) is 0.866. The van der Waals surface area contributed by atoms with Crippen molar-refractivity contribution in [2.45, 2.75) is 26.7 Å². The molecule has 1 aromatic carbocycles. The molecule has 1 aliphatic heterocycles. The van der Waals surface area contributed by atoms with Crippen molar-refractivity contribution < 1.29 is 14.3 Å². The third-order valence-corrected chi connectivity index (χ3v) is 3.84. The van der Waals surface area contributed by atoms with Crippen molar-refractivity contribution in [3.63, 3.8) is 0 Å². The zero-order valence-corrected chi connectivity index (χ0v) is 12.8. The van der Waals surface area contributed by atoms with Gasteiger partial charge in [0.15, 0.2) is 0 Å². The molecule has 5 heteroatoms. The van der Waals surface area contributed by atoms with Crippen molar-refractivity contribution in [3.05, 3.63) is 24.3 Å². The molecule has 1 aromatic rings. The maximum Gasteiger partial charge on any atom is 0.239 e. The fourth-order valence-corrected chi connectivity index (χ4v) is 2.37. The van der Waals surface area contributed by atoms with Crippen molar-refractivity contribution in [1.82, 2.24) is 4.90 Å². The van der Waals surface area contributed by atoms with E-state index in [9.17, 15) is 9.59 Å². The van der Waals surface area contributed by atoms with Gasteiger partial charge in [-0.05, 0) is 51.0 Å². The van der Waals surface area contributed by atoms with E-state index in [1.807, 2.05) is 0 Å². The number of rotatable bonds is 4. The lowest BCUT2D eigenvalue weighted by Gasteiger charge is -2.28. The first-order chi connectivity index (χ1) is 9.95. The first kappa shape index (κ1) is 15.4. The predicted octanol–water partition coefficient (Wildman–Crippen LogP) is 2.28. The minimum Gasteiger partial charge on any atom is -0.497 e. The highest BCUT2D eigenvalue weighted by molar-refractivity contribution is 6.09. The number of nitrogens with one attached hydrogen (secondary N) is 1. The Morgan fingerprint density at radius 1 is 1.14 bits per heavy atom. The summed E-state index contributed by atoms with van der Waals surface area (Å²) in [6.45, 7) is 4.84. The zero-order valence-electron chi connectivity index (χ0n) is 12.8. The van der Waals surface area contributed by atoms with Crippen LogP contribution in [0.3, 0.4) is 0 Å². The first-order valence-corrected chi connectivity index (χ1v) is 7.20. The molecule has 0 aromatic heterocycles. The lowest BCUT2D eigenvalue weighted by Crippen LogP contribution is -2.46. The van der Waals surface area contributed by atoms with Crippen LogP contribution in [0, 0.1) is 5.41 Å². The van der Waals surface area contributed by atoms with Gasteiger partial charge in [-0.3, -0.25) is 9.59 Å². The number of likely N-dealkylation sites (tertiary alicyclic amines) is 1. The Morgan fingerprint density at radius 2 is 1.71 bits per heavy atom. The van der Waals surface area contributed by atoms with E-state index in [2.05, 4.69) is 5.32 Å². The molecule has 0 aliphatic carbocycles. The monoisotopic (exact) mass is 290 g/mol. The molecule has 21 heavy (non-hydrogen) atoms. The summed E-state index contributed by atoms with van der Waals surface area (Å²) in [6.07, 6.45) is 2.03. The maximum atomic E-state index is 12.4. The van der Waals surface area contributed by atoms with E-state index in [-0.39, 0.29) is 11.8 Å². The number of methoxy groups -OCH3 is 1. The molecule has 1 aliphatic rings. The third-order valence-electron chi connectivity index (χ3n) is 3.84. The largest absolute Gasteiger partial charge is 0.497 e. The SMILES string of the molecule is COc1ccc(NC(=O)C(C)(C)C(=O)N2CCCC2)cc1. The molecule has 5 nitrogen and oxygen atoms in total. The van der Waals surface area contributed by atoms with Crippen LogP contribution in [0.5, 0.6) is 5.75 Å². The second-order valence-electron chi connectivity index (χ2n) is 5.81. The van der Waals surface area contributed by atoms with E-state index in [1.165, 1.54) is 0 Å². The van der Waals surface area contributed by atoms with Crippen molar-refractivity contribution >= 4 is 17.5 Å². The molecule has 1 N–H and O–H groups in total. The molecule has 0 bridgehead atoms. The summed E-state index contributed by atoms with van der Waals surface area (Å²) in [6, 6.07) is 7.05. The summed E-state index contributed by atoms with van der Waals surface area (Å²) in [7, 11) is 1.59. The van der Waals surface area contributed by atoms with Crippen molar-refractivity contribution in [1.29, 1.82) is 0 Å². The number of ether oxygens (including phenoxy) is 1. The standard InChI is InChI=1S/C16H22N2O3/c1-16(2,15(20)18-10-4-5-11-18)14(19)17-12-6-8-13(21-3)9-7-12/h6-9H,4-5,10-11H2,1-3H3,(H,17,19). The second kappa shape index (κ2) is 6.16. The Hall–Kier alpha value is -2.04. The van der Waals surface area contributed by atoms with Crippen LogP contribution in [0.15, 0.2) is 24.3 Å². The van der Waals surface area contributed by atoms with E-state index < -0.39 is 5.41 Å². The maximum absolute atomic E-state index is 12.4.